The van der Waals surface area contributed by atoms with E-state index in [0.29, 0.717) is 17.7 Å². The molecule has 1 aromatic carbocycles. The van der Waals surface area contributed by atoms with E-state index in [4.69, 9.17) is 10.5 Å². The number of nitrogens with one attached hydrogen (secondary N) is 1. The van der Waals surface area contributed by atoms with Crippen LogP contribution in [0.15, 0.2) is 24.4 Å². The quantitative estimate of drug-likeness (QED) is 0.911. The monoisotopic (exact) mass is 317 g/mol. The molecule has 0 radical (unpaired) electrons. The summed E-state index contributed by atoms with van der Waals surface area (Å²) in [4.78, 5) is 23.8. The molecule has 1 amide bonds. The highest BCUT2D eigenvalue weighted by molar-refractivity contribution is 6.04. The Hall–Kier alpha value is -2.34. The van der Waals surface area contributed by atoms with Gasteiger partial charge in [-0.3, -0.25) is 9.36 Å². The fraction of sp³-hybridized carbons (Fsp3) is 0.412. The zero-order chi connectivity index (χ0) is 17.2. The summed E-state index contributed by atoms with van der Waals surface area (Å²) < 4.78 is 6.83. The Morgan fingerprint density at radius 2 is 2.00 bits per heavy atom. The Labute approximate surface area is 135 Å². The third-order valence-corrected chi connectivity index (χ3v) is 3.20. The fourth-order valence-corrected chi connectivity index (χ4v) is 2.35. The first-order valence-corrected chi connectivity index (χ1v) is 7.56. The maximum absolute atomic E-state index is 12.4. The van der Waals surface area contributed by atoms with E-state index < -0.39 is 11.7 Å². The van der Waals surface area contributed by atoms with Crippen molar-refractivity contribution in [2.75, 3.05) is 11.9 Å². The third kappa shape index (κ3) is 4.10. The second kappa shape index (κ2) is 6.42. The van der Waals surface area contributed by atoms with Crippen LogP contribution >= 0.6 is 0 Å². The number of ether oxygens (including phenoxy) is 1. The number of rotatable bonds is 3. The lowest BCUT2D eigenvalue weighted by Gasteiger charge is -2.19. The summed E-state index contributed by atoms with van der Waals surface area (Å²) in [6.07, 6.45) is 1.84. The van der Waals surface area contributed by atoms with Gasteiger partial charge in [0.25, 0.3) is 0 Å². The van der Waals surface area contributed by atoms with E-state index in [0.717, 1.165) is 17.4 Å². The SMILES string of the molecule is CC(=O)Nc1cn(C(=O)OC(C)(C)C)c2ccc(CCN)cc12. The number of aromatic nitrogens is 1. The van der Waals surface area contributed by atoms with Crippen molar-refractivity contribution in [3.8, 4) is 0 Å². The van der Waals surface area contributed by atoms with Crippen LogP contribution in [-0.4, -0.2) is 28.7 Å². The molecule has 0 aliphatic carbocycles. The molecule has 124 valence electrons. The molecule has 3 N–H and O–H groups in total. The van der Waals surface area contributed by atoms with Crippen molar-refractivity contribution in [1.82, 2.24) is 4.57 Å². The van der Waals surface area contributed by atoms with Gasteiger partial charge >= 0.3 is 6.09 Å². The van der Waals surface area contributed by atoms with Gasteiger partial charge in [0.15, 0.2) is 0 Å². The number of carbonyl (C=O) groups is 2. The van der Waals surface area contributed by atoms with Gasteiger partial charge in [-0.2, -0.15) is 0 Å². The normalized spacial score (nSPS) is 11.5. The molecule has 0 saturated heterocycles. The van der Waals surface area contributed by atoms with E-state index in [9.17, 15) is 9.59 Å². The van der Waals surface area contributed by atoms with E-state index in [2.05, 4.69) is 5.32 Å². The molecule has 23 heavy (non-hydrogen) atoms. The number of benzene rings is 1. The second-order valence-electron chi connectivity index (χ2n) is 6.46. The van der Waals surface area contributed by atoms with Gasteiger partial charge in [-0.25, -0.2) is 4.79 Å². The van der Waals surface area contributed by atoms with Crippen molar-refractivity contribution >= 4 is 28.6 Å². The largest absolute Gasteiger partial charge is 0.443 e. The van der Waals surface area contributed by atoms with Gasteiger partial charge in [0.1, 0.15) is 5.60 Å². The molecular formula is C17H23N3O3. The van der Waals surface area contributed by atoms with E-state index in [1.54, 1.807) is 6.20 Å². The molecule has 1 aromatic heterocycles. The van der Waals surface area contributed by atoms with Crippen LogP contribution < -0.4 is 11.1 Å². The van der Waals surface area contributed by atoms with Crippen LogP contribution in [0.2, 0.25) is 0 Å². The fourth-order valence-electron chi connectivity index (χ4n) is 2.35. The summed E-state index contributed by atoms with van der Waals surface area (Å²) in [7, 11) is 0. The van der Waals surface area contributed by atoms with Crippen LogP contribution in [0.1, 0.15) is 33.3 Å². The van der Waals surface area contributed by atoms with Gasteiger partial charge in [-0.15, -0.1) is 0 Å². The molecule has 6 heteroatoms. The minimum absolute atomic E-state index is 0.197. The van der Waals surface area contributed by atoms with Gasteiger partial charge in [-0.05, 0) is 51.4 Å². The lowest BCUT2D eigenvalue weighted by molar-refractivity contribution is -0.114. The number of nitrogens with zero attached hydrogens (tertiary/aromatic N) is 1. The zero-order valence-corrected chi connectivity index (χ0v) is 14.0. The van der Waals surface area contributed by atoms with Crippen LogP contribution in [0.4, 0.5) is 10.5 Å². The first-order valence-electron chi connectivity index (χ1n) is 7.56. The van der Waals surface area contributed by atoms with Crippen LogP contribution in [0.25, 0.3) is 10.9 Å². The molecule has 0 bridgehead atoms. The number of nitrogens with two attached hydrogens (primary N) is 1. The van der Waals surface area contributed by atoms with Crippen LogP contribution in [-0.2, 0) is 16.0 Å². The number of fused-ring (bicyclic) bond motifs is 1. The minimum atomic E-state index is -0.596. The predicted molar refractivity (Wildman–Crippen MR) is 90.6 cm³/mol. The number of amides is 1. The van der Waals surface area contributed by atoms with Gasteiger partial charge in [-0.1, -0.05) is 6.07 Å². The summed E-state index contributed by atoms with van der Waals surface area (Å²) in [6.45, 7) is 7.40. The Morgan fingerprint density at radius 3 is 2.57 bits per heavy atom. The maximum atomic E-state index is 12.4. The first-order chi connectivity index (χ1) is 10.7. The average molecular weight is 317 g/mol. The maximum Gasteiger partial charge on any atom is 0.419 e. The van der Waals surface area contributed by atoms with E-state index in [1.165, 1.54) is 11.5 Å². The molecule has 2 rings (SSSR count). The highest BCUT2D eigenvalue weighted by atomic mass is 16.6. The molecule has 1 heterocycles. The van der Waals surface area contributed by atoms with E-state index in [1.807, 2.05) is 39.0 Å². The molecule has 0 aliphatic heterocycles. The van der Waals surface area contributed by atoms with Crippen molar-refractivity contribution in [2.45, 2.75) is 39.7 Å². The minimum Gasteiger partial charge on any atom is -0.443 e. The topological polar surface area (TPSA) is 86.3 Å². The molecule has 0 saturated carbocycles. The van der Waals surface area contributed by atoms with Crippen molar-refractivity contribution in [3.05, 3.63) is 30.0 Å². The number of hydrogen-bond acceptors (Lipinski definition) is 4. The van der Waals surface area contributed by atoms with Crippen molar-refractivity contribution < 1.29 is 14.3 Å². The number of carbonyl (C=O) groups excluding carboxylic acids is 2. The molecular weight excluding hydrogens is 294 g/mol. The summed E-state index contributed by atoms with van der Waals surface area (Å²) in [6, 6.07) is 5.71. The standard InChI is InChI=1S/C17H23N3O3/c1-11(21)19-14-10-20(16(22)23-17(2,3)4)15-6-5-12(7-8-18)9-13(14)15/h5-6,9-10H,7-8,18H2,1-4H3,(H,19,21). The Bertz CT molecular complexity index is 741. The summed E-state index contributed by atoms with van der Waals surface area (Å²) >= 11 is 0. The molecule has 2 aromatic rings. The Balaban J connectivity index is 2.53. The molecule has 0 unspecified atom stereocenters. The second-order valence-corrected chi connectivity index (χ2v) is 6.46. The predicted octanol–water partition coefficient (Wildman–Crippen LogP) is 2.88. The van der Waals surface area contributed by atoms with Crippen molar-refractivity contribution in [1.29, 1.82) is 0 Å². The van der Waals surface area contributed by atoms with Crippen molar-refractivity contribution in [2.24, 2.45) is 5.73 Å². The Morgan fingerprint density at radius 1 is 1.30 bits per heavy atom. The third-order valence-electron chi connectivity index (χ3n) is 3.20. The smallest absolute Gasteiger partial charge is 0.419 e. The van der Waals surface area contributed by atoms with Crippen molar-refractivity contribution in [3.63, 3.8) is 0 Å². The Kier molecular flexibility index (Phi) is 4.75. The first kappa shape index (κ1) is 17.0. The van der Waals surface area contributed by atoms with Gasteiger partial charge in [0.2, 0.25) is 5.91 Å². The van der Waals surface area contributed by atoms with E-state index in [-0.39, 0.29) is 5.91 Å². The summed E-state index contributed by atoms with van der Waals surface area (Å²) in [5.41, 5.74) is 7.32. The molecule has 0 aliphatic rings. The molecule has 0 fully saturated rings. The number of hydrogen-bond donors (Lipinski definition) is 2. The molecule has 0 atom stereocenters. The van der Waals surface area contributed by atoms with Crippen LogP contribution in [0, 0.1) is 0 Å². The van der Waals surface area contributed by atoms with E-state index >= 15 is 0 Å². The lowest BCUT2D eigenvalue weighted by Crippen LogP contribution is -2.26. The summed E-state index contributed by atoms with van der Waals surface area (Å²) in [5, 5.41) is 3.55. The zero-order valence-electron chi connectivity index (χ0n) is 14.0. The average Bonchev–Trinajstić information content (AvgIpc) is 2.75. The van der Waals surface area contributed by atoms with Gasteiger partial charge < -0.3 is 15.8 Å². The number of anilines is 1. The highest BCUT2D eigenvalue weighted by Gasteiger charge is 2.21. The summed E-state index contributed by atoms with van der Waals surface area (Å²) in [5.74, 6) is -0.197. The molecule has 0 spiro atoms. The van der Waals surface area contributed by atoms with Crippen LogP contribution in [0.3, 0.4) is 0 Å². The highest BCUT2D eigenvalue weighted by Crippen LogP contribution is 2.28. The molecule has 6 nitrogen and oxygen atoms in total. The van der Waals surface area contributed by atoms with Gasteiger partial charge in [0, 0.05) is 18.5 Å². The lowest BCUT2D eigenvalue weighted by atomic mass is 10.1. The van der Waals surface area contributed by atoms with Gasteiger partial charge in [0.05, 0.1) is 11.2 Å². The van der Waals surface area contributed by atoms with Crippen LogP contribution in [0.5, 0.6) is 0 Å².